The molecule has 224 valence electrons. The molecule has 2 heterocycles. The van der Waals surface area contributed by atoms with Crippen molar-refractivity contribution in [1.29, 1.82) is 0 Å². The van der Waals surface area contributed by atoms with Crippen LogP contribution in [0.25, 0.3) is 0 Å². The van der Waals surface area contributed by atoms with Crippen molar-refractivity contribution in [3.63, 3.8) is 0 Å². The number of methoxy groups -OCH3 is 1. The minimum Gasteiger partial charge on any atom is -0.495 e. The molecule has 9 heteroatoms. The Balaban J connectivity index is 1.33. The molecule has 43 heavy (non-hydrogen) atoms. The molecule has 2 aliphatic heterocycles. The van der Waals surface area contributed by atoms with Crippen LogP contribution in [0.5, 0.6) is 5.75 Å². The van der Waals surface area contributed by atoms with Crippen LogP contribution in [0.4, 0.5) is 5.69 Å². The quantitative estimate of drug-likeness (QED) is 0.310. The molecule has 0 N–H and O–H groups in total. The van der Waals surface area contributed by atoms with E-state index in [1.807, 2.05) is 59.5 Å². The Labute approximate surface area is 257 Å². The van der Waals surface area contributed by atoms with E-state index in [2.05, 4.69) is 4.90 Å². The standard InChI is InChI=1S/C34H36ClN3O5/c1-4-43-34(41)32-23(2)38(31(39)21-28(32)25-12-14-27(35)15-13-25)22-24-8-7-9-26(20-24)33(40)37-18-16-36(17-19-37)29-10-5-6-11-30(29)42-3/h5-15,20,28H,4,16-19,21-22H2,1-3H3. The highest BCUT2D eigenvalue weighted by atomic mass is 35.5. The molecule has 0 radical (unpaired) electrons. The summed E-state index contributed by atoms with van der Waals surface area (Å²) in [6.07, 6.45) is 0.127. The Morgan fingerprint density at radius 2 is 1.67 bits per heavy atom. The summed E-state index contributed by atoms with van der Waals surface area (Å²) in [5.74, 6) is -0.197. The second-order valence-electron chi connectivity index (χ2n) is 10.7. The molecule has 0 bridgehead atoms. The third-order valence-electron chi connectivity index (χ3n) is 8.10. The van der Waals surface area contributed by atoms with Crippen molar-refractivity contribution < 1.29 is 23.9 Å². The van der Waals surface area contributed by atoms with Crippen molar-refractivity contribution >= 4 is 35.1 Å². The van der Waals surface area contributed by atoms with Crippen LogP contribution < -0.4 is 9.64 Å². The summed E-state index contributed by atoms with van der Waals surface area (Å²) >= 11 is 6.09. The van der Waals surface area contributed by atoms with Crippen LogP contribution in [0.1, 0.15) is 47.7 Å². The zero-order chi connectivity index (χ0) is 30.5. The zero-order valence-electron chi connectivity index (χ0n) is 24.7. The van der Waals surface area contributed by atoms with Gasteiger partial charge in [-0.2, -0.15) is 0 Å². The van der Waals surface area contributed by atoms with Crippen LogP contribution in [0.2, 0.25) is 5.02 Å². The third kappa shape index (κ3) is 6.54. The van der Waals surface area contributed by atoms with Crippen LogP contribution in [0.15, 0.2) is 84.1 Å². The van der Waals surface area contributed by atoms with Crippen molar-refractivity contribution in [2.24, 2.45) is 0 Å². The van der Waals surface area contributed by atoms with Crippen LogP contribution in [0.3, 0.4) is 0 Å². The molecule has 1 unspecified atom stereocenters. The van der Waals surface area contributed by atoms with Gasteiger partial charge < -0.3 is 24.2 Å². The van der Waals surface area contributed by atoms with Gasteiger partial charge in [-0.25, -0.2) is 4.79 Å². The number of carbonyl (C=O) groups excluding carboxylic acids is 3. The van der Waals surface area contributed by atoms with Crippen molar-refractivity contribution in [3.8, 4) is 5.75 Å². The highest BCUT2D eigenvalue weighted by molar-refractivity contribution is 6.30. The second-order valence-corrected chi connectivity index (χ2v) is 11.1. The molecule has 0 aromatic heterocycles. The SMILES string of the molecule is CCOC(=O)C1=C(C)N(Cc2cccc(C(=O)N3CCN(c4ccccc4OC)CC3)c2)C(=O)CC1c1ccc(Cl)cc1. The summed E-state index contributed by atoms with van der Waals surface area (Å²) in [5, 5.41) is 0.582. The zero-order valence-corrected chi connectivity index (χ0v) is 25.5. The number of benzene rings is 3. The molecule has 1 fully saturated rings. The molecule has 2 amide bonds. The fourth-order valence-electron chi connectivity index (χ4n) is 5.87. The maximum absolute atomic E-state index is 13.5. The molecule has 8 nitrogen and oxygen atoms in total. The summed E-state index contributed by atoms with van der Waals surface area (Å²) in [4.78, 5) is 45.8. The predicted molar refractivity (Wildman–Crippen MR) is 166 cm³/mol. The van der Waals surface area contributed by atoms with Crippen LogP contribution in [0, 0.1) is 0 Å². The van der Waals surface area contributed by atoms with E-state index in [4.69, 9.17) is 21.1 Å². The van der Waals surface area contributed by atoms with E-state index in [9.17, 15) is 14.4 Å². The molecule has 1 saturated heterocycles. The number of allylic oxidation sites excluding steroid dienone is 1. The van der Waals surface area contributed by atoms with Gasteiger partial charge in [0.25, 0.3) is 5.91 Å². The lowest BCUT2D eigenvalue weighted by Crippen LogP contribution is -2.48. The largest absolute Gasteiger partial charge is 0.495 e. The molecule has 5 rings (SSSR count). The average molecular weight is 602 g/mol. The van der Waals surface area contributed by atoms with E-state index in [-0.39, 0.29) is 31.4 Å². The maximum atomic E-state index is 13.5. The van der Waals surface area contributed by atoms with E-state index in [1.165, 1.54) is 0 Å². The number of para-hydroxylation sites is 2. The number of amides is 2. The van der Waals surface area contributed by atoms with Gasteiger partial charge in [-0.15, -0.1) is 0 Å². The van der Waals surface area contributed by atoms with Gasteiger partial charge >= 0.3 is 5.97 Å². The van der Waals surface area contributed by atoms with Gasteiger partial charge in [-0.1, -0.05) is 48.0 Å². The number of rotatable bonds is 8. The molecule has 3 aromatic carbocycles. The average Bonchev–Trinajstić information content (AvgIpc) is 3.03. The molecule has 3 aromatic rings. The lowest BCUT2D eigenvalue weighted by Gasteiger charge is -2.36. The third-order valence-corrected chi connectivity index (χ3v) is 8.35. The summed E-state index contributed by atoms with van der Waals surface area (Å²) in [6.45, 7) is 6.58. The fraction of sp³-hybridized carbons (Fsp3) is 0.324. The summed E-state index contributed by atoms with van der Waals surface area (Å²) in [7, 11) is 1.66. The Morgan fingerprint density at radius 3 is 2.37 bits per heavy atom. The molecule has 0 spiro atoms. The fourth-order valence-corrected chi connectivity index (χ4v) is 5.99. The van der Waals surface area contributed by atoms with E-state index in [0.717, 1.165) is 22.6 Å². The lowest BCUT2D eigenvalue weighted by atomic mass is 9.83. The van der Waals surface area contributed by atoms with Gasteiger partial charge in [0.1, 0.15) is 5.75 Å². The summed E-state index contributed by atoms with van der Waals surface area (Å²) < 4.78 is 10.9. The number of nitrogens with zero attached hydrogens (tertiary/aromatic N) is 3. The maximum Gasteiger partial charge on any atom is 0.336 e. The van der Waals surface area contributed by atoms with E-state index in [0.29, 0.717) is 48.0 Å². The van der Waals surface area contributed by atoms with Gasteiger partial charge in [0.15, 0.2) is 0 Å². The van der Waals surface area contributed by atoms with Gasteiger partial charge in [-0.3, -0.25) is 9.59 Å². The minimum atomic E-state index is -0.436. The highest BCUT2D eigenvalue weighted by Gasteiger charge is 2.37. The lowest BCUT2D eigenvalue weighted by molar-refractivity contribution is -0.140. The Hall–Kier alpha value is -4.30. The number of ether oxygens (including phenoxy) is 2. The van der Waals surface area contributed by atoms with E-state index < -0.39 is 11.9 Å². The Morgan fingerprint density at radius 1 is 0.953 bits per heavy atom. The molecule has 2 aliphatic rings. The van der Waals surface area contributed by atoms with E-state index >= 15 is 0 Å². The summed E-state index contributed by atoms with van der Waals surface area (Å²) in [5.41, 5.74) is 4.24. The number of hydrogen-bond donors (Lipinski definition) is 0. The van der Waals surface area contributed by atoms with Gasteiger partial charge in [0.2, 0.25) is 5.91 Å². The van der Waals surface area contributed by atoms with Gasteiger partial charge in [-0.05, 0) is 61.4 Å². The first-order chi connectivity index (χ1) is 20.8. The Bertz CT molecular complexity index is 1530. The highest BCUT2D eigenvalue weighted by Crippen LogP contribution is 2.38. The smallest absolute Gasteiger partial charge is 0.336 e. The first-order valence-corrected chi connectivity index (χ1v) is 14.9. The minimum absolute atomic E-state index is 0.0474. The van der Waals surface area contributed by atoms with Gasteiger partial charge in [0, 0.05) is 54.8 Å². The molecule has 0 saturated carbocycles. The number of hydrogen-bond acceptors (Lipinski definition) is 6. The topological polar surface area (TPSA) is 79.4 Å². The van der Waals surface area contributed by atoms with Crippen molar-refractivity contribution in [3.05, 3.63) is 106 Å². The first-order valence-electron chi connectivity index (χ1n) is 14.5. The summed E-state index contributed by atoms with van der Waals surface area (Å²) in [6, 6.07) is 22.5. The van der Waals surface area contributed by atoms with Crippen LogP contribution in [-0.4, -0.2) is 67.5 Å². The molecule has 0 aliphatic carbocycles. The molecule has 1 atom stereocenters. The molecular weight excluding hydrogens is 566 g/mol. The van der Waals surface area contributed by atoms with E-state index in [1.54, 1.807) is 44.1 Å². The van der Waals surface area contributed by atoms with Crippen LogP contribution >= 0.6 is 11.6 Å². The number of esters is 1. The van der Waals surface area contributed by atoms with Gasteiger partial charge in [0.05, 0.1) is 31.5 Å². The second kappa shape index (κ2) is 13.3. The van der Waals surface area contributed by atoms with Crippen molar-refractivity contribution in [1.82, 2.24) is 9.80 Å². The first kappa shape index (κ1) is 30.2. The predicted octanol–water partition coefficient (Wildman–Crippen LogP) is 5.66. The number of piperazine rings is 1. The number of carbonyl (C=O) groups is 3. The Kier molecular flexibility index (Phi) is 9.36. The molecular formula is C34H36ClN3O5. The van der Waals surface area contributed by atoms with Crippen molar-refractivity contribution in [2.45, 2.75) is 32.7 Å². The van der Waals surface area contributed by atoms with Crippen LogP contribution in [-0.2, 0) is 20.9 Å². The number of anilines is 1. The normalized spacial score (nSPS) is 17.3. The number of halogens is 1. The van der Waals surface area contributed by atoms with Crippen molar-refractivity contribution in [2.75, 3.05) is 44.8 Å². The monoisotopic (exact) mass is 601 g/mol.